The van der Waals surface area contributed by atoms with Gasteiger partial charge in [0.2, 0.25) is 5.91 Å². The van der Waals surface area contributed by atoms with Crippen LogP contribution < -0.4 is 16.0 Å². The molecule has 42 heavy (non-hydrogen) atoms. The molecule has 1 aliphatic rings. The lowest BCUT2D eigenvalue weighted by molar-refractivity contribution is -0.147. The van der Waals surface area contributed by atoms with E-state index in [2.05, 4.69) is 16.0 Å². The molecule has 3 unspecified atom stereocenters. The van der Waals surface area contributed by atoms with Gasteiger partial charge >= 0.3 is 6.03 Å². The fourth-order valence-electron chi connectivity index (χ4n) is 4.86. The molecule has 0 saturated carbocycles. The number of thioether (sulfide) groups is 1. The molecule has 222 valence electrons. The predicted molar refractivity (Wildman–Crippen MR) is 164 cm³/mol. The van der Waals surface area contributed by atoms with E-state index in [9.17, 15) is 23.9 Å². The van der Waals surface area contributed by atoms with Gasteiger partial charge in [-0.2, -0.15) is 0 Å². The van der Waals surface area contributed by atoms with Gasteiger partial charge < -0.3 is 26.0 Å². The summed E-state index contributed by atoms with van der Waals surface area (Å²) in [7, 11) is 0. The van der Waals surface area contributed by atoms with Gasteiger partial charge in [0.25, 0.3) is 5.91 Å². The molecule has 1 heterocycles. The Morgan fingerprint density at radius 3 is 2.48 bits per heavy atom. The molecule has 3 aromatic carbocycles. The average molecular weight is 613 g/mol. The van der Waals surface area contributed by atoms with E-state index < -0.39 is 40.7 Å². The van der Waals surface area contributed by atoms with E-state index in [1.807, 2.05) is 75.4 Å². The number of hydrogen-bond acceptors (Lipinski definition) is 5. The molecular weight excluding hydrogens is 579 g/mol. The molecule has 11 heteroatoms. The monoisotopic (exact) mass is 612 g/mol. The Balaban J connectivity index is 1.51. The van der Waals surface area contributed by atoms with Crippen LogP contribution in [0.25, 0.3) is 0 Å². The Bertz CT molecular complexity index is 1440. The number of amides is 4. The van der Waals surface area contributed by atoms with Gasteiger partial charge in [-0.25, -0.2) is 9.18 Å². The second kappa shape index (κ2) is 13.6. The van der Waals surface area contributed by atoms with Crippen molar-refractivity contribution in [3.05, 3.63) is 100 Å². The van der Waals surface area contributed by atoms with Crippen molar-refractivity contribution >= 4 is 46.9 Å². The third kappa shape index (κ3) is 7.61. The summed E-state index contributed by atoms with van der Waals surface area (Å²) in [5.41, 5.74) is 3.02. The van der Waals surface area contributed by atoms with Gasteiger partial charge in [-0.1, -0.05) is 66.2 Å². The summed E-state index contributed by atoms with van der Waals surface area (Å²) < 4.78 is 12.9. The van der Waals surface area contributed by atoms with E-state index in [0.29, 0.717) is 6.54 Å². The number of benzene rings is 3. The third-order valence-corrected chi connectivity index (χ3v) is 8.88. The van der Waals surface area contributed by atoms with Crippen LogP contribution in [0.5, 0.6) is 0 Å². The number of rotatable bonds is 9. The summed E-state index contributed by atoms with van der Waals surface area (Å²) in [6.07, 6.45) is -1.52. The van der Waals surface area contributed by atoms with Crippen LogP contribution >= 0.6 is 23.4 Å². The summed E-state index contributed by atoms with van der Waals surface area (Å²) in [5, 5.41) is 19.4. The van der Waals surface area contributed by atoms with Crippen LogP contribution in [0.2, 0.25) is 5.02 Å². The van der Waals surface area contributed by atoms with Crippen LogP contribution in [0, 0.1) is 12.7 Å². The Hall–Kier alpha value is -3.60. The van der Waals surface area contributed by atoms with E-state index in [1.54, 1.807) is 0 Å². The van der Waals surface area contributed by atoms with Gasteiger partial charge in [-0.05, 0) is 62.1 Å². The van der Waals surface area contributed by atoms with Crippen LogP contribution in [0.15, 0.2) is 72.8 Å². The predicted octanol–water partition coefficient (Wildman–Crippen LogP) is 4.88. The lowest BCUT2D eigenvalue weighted by Crippen LogP contribution is -2.59. The third-order valence-electron chi connectivity index (χ3n) is 7.22. The zero-order chi connectivity index (χ0) is 30.4. The molecule has 0 aliphatic carbocycles. The Morgan fingerprint density at radius 1 is 1.10 bits per heavy atom. The first-order valence-electron chi connectivity index (χ1n) is 13.5. The largest absolute Gasteiger partial charge is 0.381 e. The first kappa shape index (κ1) is 31.3. The molecule has 1 fully saturated rings. The normalized spacial score (nSPS) is 17.3. The first-order valence-corrected chi connectivity index (χ1v) is 14.8. The molecule has 8 nitrogen and oxygen atoms in total. The number of halogens is 2. The number of aliphatic hydroxyl groups excluding tert-OH is 1. The molecule has 4 amide bonds. The minimum absolute atomic E-state index is 0.139. The fourth-order valence-corrected chi connectivity index (χ4v) is 6.18. The average Bonchev–Trinajstić information content (AvgIpc) is 3.28. The Morgan fingerprint density at radius 2 is 1.79 bits per heavy atom. The number of carbonyl (C=O) groups is 3. The number of carbonyl (C=O) groups excluding carboxylic acids is 3. The molecule has 1 aliphatic heterocycles. The number of nitrogens with one attached hydrogen (secondary N) is 3. The minimum Gasteiger partial charge on any atom is -0.381 e. The molecule has 0 radical (unpaired) electrons. The molecule has 0 spiro atoms. The van der Waals surface area contributed by atoms with E-state index in [1.165, 1.54) is 28.8 Å². The van der Waals surface area contributed by atoms with Gasteiger partial charge in [0.1, 0.15) is 11.9 Å². The summed E-state index contributed by atoms with van der Waals surface area (Å²) in [4.78, 5) is 41.5. The van der Waals surface area contributed by atoms with E-state index >= 15 is 0 Å². The zero-order valence-electron chi connectivity index (χ0n) is 23.6. The molecule has 3 aromatic rings. The smallest absolute Gasteiger partial charge is 0.319 e. The molecule has 0 aromatic heterocycles. The second-order valence-corrected chi connectivity index (χ2v) is 12.7. The zero-order valence-corrected chi connectivity index (χ0v) is 25.1. The maximum Gasteiger partial charge on any atom is 0.319 e. The van der Waals surface area contributed by atoms with E-state index in [0.717, 1.165) is 22.8 Å². The van der Waals surface area contributed by atoms with Crippen LogP contribution in [-0.4, -0.2) is 56.7 Å². The summed E-state index contributed by atoms with van der Waals surface area (Å²) in [5.74, 6) is -1.43. The molecule has 3 atom stereocenters. The highest BCUT2D eigenvalue weighted by atomic mass is 35.5. The molecule has 4 N–H and O–H groups in total. The van der Waals surface area contributed by atoms with Crippen molar-refractivity contribution in [1.82, 2.24) is 15.5 Å². The highest BCUT2D eigenvalue weighted by Crippen LogP contribution is 2.40. The lowest BCUT2D eigenvalue weighted by Gasteiger charge is -2.33. The van der Waals surface area contributed by atoms with Gasteiger partial charge in [0, 0.05) is 17.0 Å². The van der Waals surface area contributed by atoms with Crippen molar-refractivity contribution in [3.8, 4) is 0 Å². The highest BCUT2D eigenvalue weighted by molar-refractivity contribution is 8.00. The highest BCUT2D eigenvalue weighted by Gasteiger charge is 2.49. The van der Waals surface area contributed by atoms with Crippen LogP contribution in [0.4, 0.5) is 14.9 Å². The Kier molecular flexibility index (Phi) is 10.1. The fraction of sp³-hybridized carbons (Fsp3) is 0.323. The lowest BCUT2D eigenvalue weighted by atomic mass is 9.97. The van der Waals surface area contributed by atoms with Crippen molar-refractivity contribution in [2.24, 2.45) is 0 Å². The van der Waals surface area contributed by atoms with Crippen LogP contribution in [0.3, 0.4) is 0 Å². The molecule has 1 saturated heterocycles. The van der Waals surface area contributed by atoms with Gasteiger partial charge in [0.05, 0.1) is 16.9 Å². The van der Waals surface area contributed by atoms with E-state index in [-0.39, 0.29) is 28.9 Å². The van der Waals surface area contributed by atoms with Crippen molar-refractivity contribution in [2.45, 2.75) is 56.7 Å². The number of anilines is 1. The number of urea groups is 1. The minimum atomic E-state index is -1.66. The summed E-state index contributed by atoms with van der Waals surface area (Å²) in [6.45, 7) is 6.04. The van der Waals surface area contributed by atoms with Crippen molar-refractivity contribution in [1.29, 1.82) is 0 Å². The van der Waals surface area contributed by atoms with Crippen molar-refractivity contribution < 1.29 is 23.9 Å². The summed E-state index contributed by atoms with van der Waals surface area (Å²) in [6, 6.07) is 17.9. The van der Waals surface area contributed by atoms with Gasteiger partial charge in [-0.3, -0.25) is 9.59 Å². The number of hydrogen-bond donors (Lipinski definition) is 4. The maximum atomic E-state index is 13.8. The van der Waals surface area contributed by atoms with E-state index in [4.69, 9.17) is 11.6 Å². The maximum absolute atomic E-state index is 13.8. The number of nitrogens with zero attached hydrogens (tertiary/aromatic N) is 1. The second-order valence-electron chi connectivity index (χ2n) is 10.7. The van der Waals surface area contributed by atoms with Crippen molar-refractivity contribution in [3.63, 3.8) is 0 Å². The standard InChI is InChI=1S/C31H34ClFN4O4S/c1-19-9-7-8-12-21(19)17-34-28(39)27-31(2,3)42-18-37(27)29(40)26(38)25(15-20-10-5-4-6-11-20)36-30(41)35-22-13-14-24(33)23(32)16-22/h4-14,16,25-27,38H,15,17-18H2,1-3H3,(H,34,39)(H2,35,36,41). The van der Waals surface area contributed by atoms with Crippen LogP contribution in [-0.2, 0) is 22.6 Å². The van der Waals surface area contributed by atoms with Gasteiger partial charge in [-0.15, -0.1) is 11.8 Å². The number of aliphatic hydroxyl groups is 1. The Labute approximate surface area is 254 Å². The number of aryl methyl sites for hydroxylation is 1. The van der Waals surface area contributed by atoms with Gasteiger partial charge in [0.15, 0.2) is 6.10 Å². The molecule has 4 rings (SSSR count). The topological polar surface area (TPSA) is 111 Å². The van der Waals surface area contributed by atoms with Crippen LogP contribution in [0.1, 0.15) is 30.5 Å². The van der Waals surface area contributed by atoms with Crippen molar-refractivity contribution in [2.75, 3.05) is 11.2 Å². The SMILES string of the molecule is Cc1ccccc1CNC(=O)C1N(C(=O)C(O)C(Cc2ccccc2)NC(=O)Nc2ccc(F)c(Cl)c2)CSC1(C)C. The quantitative estimate of drug-likeness (QED) is 0.275. The molecule has 0 bridgehead atoms. The molecular formula is C31H34ClFN4O4S. The first-order chi connectivity index (χ1) is 20.0. The summed E-state index contributed by atoms with van der Waals surface area (Å²) >= 11 is 7.27.